The number of methoxy groups -OCH3 is 1. The highest BCUT2D eigenvalue weighted by atomic mass is 16.5. The fourth-order valence-electron chi connectivity index (χ4n) is 2.30. The van der Waals surface area contributed by atoms with E-state index in [4.69, 9.17) is 9.15 Å². The number of benzene rings is 1. The monoisotopic (exact) mass is 345 g/mol. The van der Waals surface area contributed by atoms with Crippen LogP contribution < -0.4 is 16.0 Å². The molecule has 1 heterocycles. The molecule has 2 aromatic rings. The van der Waals surface area contributed by atoms with E-state index in [9.17, 15) is 9.59 Å². The van der Waals surface area contributed by atoms with Crippen LogP contribution in [0.25, 0.3) is 0 Å². The largest absolute Gasteiger partial charge is 0.467 e. The van der Waals surface area contributed by atoms with Gasteiger partial charge in [-0.3, -0.25) is 9.59 Å². The molecule has 0 aliphatic heterocycles. The highest BCUT2D eigenvalue weighted by Gasteiger charge is 2.13. The van der Waals surface area contributed by atoms with Gasteiger partial charge in [0.1, 0.15) is 5.76 Å². The second kappa shape index (κ2) is 9.48. The Hall–Kier alpha value is -2.80. The Morgan fingerprint density at radius 1 is 1.20 bits per heavy atom. The fraction of sp³-hybridized carbons (Fsp3) is 0.333. The number of rotatable bonds is 9. The van der Waals surface area contributed by atoms with Crippen LogP contribution in [0.2, 0.25) is 0 Å². The zero-order chi connectivity index (χ0) is 18.1. The molecule has 25 heavy (non-hydrogen) atoms. The smallest absolute Gasteiger partial charge is 0.253 e. The van der Waals surface area contributed by atoms with Gasteiger partial charge in [-0.05, 0) is 31.2 Å². The van der Waals surface area contributed by atoms with E-state index in [1.165, 1.54) is 0 Å². The minimum atomic E-state index is -0.243. The summed E-state index contributed by atoms with van der Waals surface area (Å²) in [6.07, 6.45) is 1.56. The van der Waals surface area contributed by atoms with Gasteiger partial charge in [-0.15, -0.1) is 0 Å². The van der Waals surface area contributed by atoms with Gasteiger partial charge in [-0.1, -0.05) is 12.1 Å². The van der Waals surface area contributed by atoms with Crippen LogP contribution in [0.1, 0.15) is 23.0 Å². The second-order valence-corrected chi connectivity index (χ2v) is 5.59. The standard InChI is InChI=1S/C18H23N3O4/c1-13(12-24-2)21-17(22)11-19-16-8-4-3-7-15(16)18(23)20-10-14-6-5-9-25-14/h3-9,13,19H,10-12H2,1-2H3,(H,20,23)(H,21,22). The first-order valence-corrected chi connectivity index (χ1v) is 8.02. The van der Waals surface area contributed by atoms with E-state index < -0.39 is 0 Å². The molecule has 0 saturated carbocycles. The summed E-state index contributed by atoms with van der Waals surface area (Å²) < 4.78 is 10.2. The molecule has 0 saturated heterocycles. The Morgan fingerprint density at radius 2 is 2.00 bits per heavy atom. The van der Waals surface area contributed by atoms with Gasteiger partial charge in [-0.25, -0.2) is 0 Å². The van der Waals surface area contributed by atoms with Crippen LogP contribution in [0, 0.1) is 0 Å². The molecule has 0 fully saturated rings. The molecule has 0 spiro atoms. The van der Waals surface area contributed by atoms with Gasteiger partial charge in [0.15, 0.2) is 0 Å². The van der Waals surface area contributed by atoms with Crippen molar-refractivity contribution in [1.82, 2.24) is 10.6 Å². The summed E-state index contributed by atoms with van der Waals surface area (Å²) in [5, 5.41) is 8.59. The molecule has 1 aromatic carbocycles. The number of ether oxygens (including phenoxy) is 1. The minimum absolute atomic E-state index is 0.0660. The van der Waals surface area contributed by atoms with Crippen LogP contribution in [-0.4, -0.2) is 38.1 Å². The maximum absolute atomic E-state index is 12.4. The first kappa shape index (κ1) is 18.5. The fourth-order valence-corrected chi connectivity index (χ4v) is 2.30. The van der Waals surface area contributed by atoms with Crippen LogP contribution in [-0.2, 0) is 16.1 Å². The summed E-state index contributed by atoms with van der Waals surface area (Å²) in [5.74, 6) is 0.258. The van der Waals surface area contributed by atoms with E-state index in [0.717, 1.165) is 0 Å². The number of hydrogen-bond acceptors (Lipinski definition) is 5. The van der Waals surface area contributed by atoms with E-state index >= 15 is 0 Å². The predicted molar refractivity (Wildman–Crippen MR) is 94.3 cm³/mol. The minimum Gasteiger partial charge on any atom is -0.467 e. The van der Waals surface area contributed by atoms with E-state index in [1.54, 1.807) is 49.8 Å². The van der Waals surface area contributed by atoms with E-state index in [2.05, 4.69) is 16.0 Å². The predicted octanol–water partition coefficient (Wildman–Crippen LogP) is 1.77. The van der Waals surface area contributed by atoms with E-state index in [1.807, 2.05) is 6.92 Å². The van der Waals surface area contributed by atoms with Crippen LogP contribution in [0.4, 0.5) is 5.69 Å². The van der Waals surface area contributed by atoms with Gasteiger partial charge < -0.3 is 25.1 Å². The maximum atomic E-state index is 12.4. The van der Waals surface area contributed by atoms with Crippen molar-refractivity contribution < 1.29 is 18.7 Å². The van der Waals surface area contributed by atoms with E-state index in [0.29, 0.717) is 30.2 Å². The van der Waals surface area contributed by atoms with Crippen molar-refractivity contribution in [3.05, 3.63) is 54.0 Å². The molecule has 1 aromatic heterocycles. The Labute approximate surface area is 146 Å². The molecule has 0 aliphatic carbocycles. The lowest BCUT2D eigenvalue weighted by atomic mass is 10.1. The third-order valence-electron chi connectivity index (χ3n) is 3.44. The Kier molecular flexibility index (Phi) is 7.03. The van der Waals surface area contributed by atoms with Crippen molar-refractivity contribution in [2.75, 3.05) is 25.6 Å². The molecule has 2 amide bonds. The van der Waals surface area contributed by atoms with Crippen LogP contribution >= 0.6 is 0 Å². The average Bonchev–Trinajstić information content (AvgIpc) is 3.12. The molecular formula is C18H23N3O4. The van der Waals surface area contributed by atoms with Gasteiger partial charge >= 0.3 is 0 Å². The number of hydrogen-bond donors (Lipinski definition) is 3. The lowest BCUT2D eigenvalue weighted by Gasteiger charge is -2.15. The first-order chi connectivity index (χ1) is 12.1. The van der Waals surface area contributed by atoms with Crippen molar-refractivity contribution in [3.63, 3.8) is 0 Å². The molecule has 3 N–H and O–H groups in total. The Bertz CT molecular complexity index is 685. The molecule has 7 nitrogen and oxygen atoms in total. The van der Waals surface area contributed by atoms with Crippen molar-refractivity contribution in [3.8, 4) is 0 Å². The maximum Gasteiger partial charge on any atom is 0.253 e. The van der Waals surface area contributed by atoms with Gasteiger partial charge in [0.2, 0.25) is 5.91 Å². The topological polar surface area (TPSA) is 92.6 Å². The van der Waals surface area contributed by atoms with Crippen molar-refractivity contribution in [2.45, 2.75) is 19.5 Å². The Morgan fingerprint density at radius 3 is 2.72 bits per heavy atom. The second-order valence-electron chi connectivity index (χ2n) is 5.59. The van der Waals surface area contributed by atoms with Gasteiger partial charge in [0, 0.05) is 18.8 Å². The summed E-state index contributed by atoms with van der Waals surface area (Å²) >= 11 is 0. The lowest BCUT2D eigenvalue weighted by Crippen LogP contribution is -2.39. The third-order valence-corrected chi connectivity index (χ3v) is 3.44. The number of amides is 2. The molecule has 134 valence electrons. The third kappa shape index (κ3) is 5.96. The molecule has 0 aliphatic rings. The normalized spacial score (nSPS) is 11.6. The quantitative estimate of drug-likeness (QED) is 0.644. The summed E-state index contributed by atoms with van der Waals surface area (Å²) in [4.78, 5) is 24.3. The number of nitrogens with one attached hydrogen (secondary N) is 3. The van der Waals surface area contributed by atoms with Crippen LogP contribution in [0.5, 0.6) is 0 Å². The summed E-state index contributed by atoms with van der Waals surface area (Å²) in [6, 6.07) is 10.5. The zero-order valence-electron chi connectivity index (χ0n) is 14.4. The molecular weight excluding hydrogens is 322 g/mol. The molecule has 1 atom stereocenters. The molecule has 7 heteroatoms. The first-order valence-electron chi connectivity index (χ1n) is 8.02. The molecule has 0 bridgehead atoms. The van der Waals surface area contributed by atoms with Gasteiger partial charge in [0.05, 0.1) is 31.5 Å². The number of carbonyl (C=O) groups excluding carboxylic acids is 2. The number of para-hydroxylation sites is 1. The highest BCUT2D eigenvalue weighted by molar-refractivity contribution is 6.00. The zero-order valence-corrected chi connectivity index (χ0v) is 14.4. The summed E-state index contributed by atoms with van der Waals surface area (Å²) in [7, 11) is 1.58. The van der Waals surface area contributed by atoms with Gasteiger partial charge in [0.25, 0.3) is 5.91 Å². The summed E-state index contributed by atoms with van der Waals surface area (Å²) in [6.45, 7) is 2.67. The Balaban J connectivity index is 1.90. The number of carbonyl (C=O) groups is 2. The van der Waals surface area contributed by atoms with Crippen LogP contribution in [0.15, 0.2) is 47.1 Å². The summed E-state index contributed by atoms with van der Waals surface area (Å²) in [5.41, 5.74) is 1.06. The van der Waals surface area contributed by atoms with Crippen molar-refractivity contribution >= 4 is 17.5 Å². The van der Waals surface area contributed by atoms with Crippen molar-refractivity contribution in [2.24, 2.45) is 0 Å². The average molecular weight is 345 g/mol. The van der Waals surface area contributed by atoms with Crippen molar-refractivity contribution in [1.29, 1.82) is 0 Å². The van der Waals surface area contributed by atoms with E-state index in [-0.39, 0.29) is 24.4 Å². The highest BCUT2D eigenvalue weighted by Crippen LogP contribution is 2.15. The van der Waals surface area contributed by atoms with Crippen LogP contribution in [0.3, 0.4) is 0 Å². The molecule has 2 rings (SSSR count). The number of furan rings is 1. The lowest BCUT2D eigenvalue weighted by molar-refractivity contribution is -0.120. The molecule has 0 radical (unpaired) electrons. The SMILES string of the molecule is COCC(C)NC(=O)CNc1ccccc1C(=O)NCc1ccco1. The van der Waals surface area contributed by atoms with Gasteiger partial charge in [-0.2, -0.15) is 0 Å². The molecule has 1 unspecified atom stereocenters. The number of anilines is 1.